The molecule has 0 N–H and O–H groups in total. The Balaban J connectivity index is 2.60. The van der Waals surface area contributed by atoms with Crippen LogP contribution in [0.3, 0.4) is 0 Å². The van der Waals surface area contributed by atoms with Crippen LogP contribution in [0.25, 0.3) is 21.5 Å². The third-order valence-electron chi connectivity index (χ3n) is 3.04. The lowest BCUT2D eigenvalue weighted by atomic mass is 10.0. The Morgan fingerprint density at radius 3 is 1.67 bits per heavy atom. The first-order chi connectivity index (χ1) is 7.36. The molecule has 0 spiro atoms. The Bertz CT molecular complexity index is 587. The maximum atomic E-state index is 2.28. The van der Waals surface area contributed by atoms with Gasteiger partial charge >= 0.3 is 0 Å². The van der Waals surface area contributed by atoms with Crippen molar-refractivity contribution in [1.29, 1.82) is 0 Å². The molecule has 0 fully saturated rings. The third kappa shape index (κ3) is 1.28. The molecule has 0 aliphatic rings. The topological polar surface area (TPSA) is 0 Å². The summed E-state index contributed by atoms with van der Waals surface area (Å²) >= 11 is 0. The fourth-order valence-corrected chi connectivity index (χ4v) is 3.15. The number of hydrogen-bond acceptors (Lipinski definition) is 0. The van der Waals surface area contributed by atoms with E-state index in [4.69, 9.17) is 0 Å². The summed E-state index contributed by atoms with van der Waals surface area (Å²) in [5.74, 6) is 0. The zero-order valence-corrected chi connectivity index (χ0v) is 10.7. The summed E-state index contributed by atoms with van der Waals surface area (Å²) in [6, 6.07) is 19.6. The quantitative estimate of drug-likeness (QED) is 0.391. The van der Waals surface area contributed by atoms with Gasteiger partial charge in [-0.3, -0.25) is 0 Å². The lowest BCUT2D eigenvalue weighted by Crippen LogP contribution is -2.05. The van der Waals surface area contributed by atoms with Crippen LogP contribution >= 0.6 is 0 Å². The Labute approximate surface area is 92.0 Å². The Hall–Kier alpha value is -1.60. The second-order valence-electron chi connectivity index (χ2n) is 3.94. The number of fused-ring (bicyclic) bond motifs is 2. The van der Waals surface area contributed by atoms with Crippen LogP contribution in [-0.4, -0.2) is 10.2 Å². The molecule has 3 rings (SSSR count). The lowest BCUT2D eigenvalue weighted by molar-refractivity contribution is 1.78. The van der Waals surface area contributed by atoms with E-state index in [1.54, 1.807) is 0 Å². The van der Waals surface area contributed by atoms with Crippen molar-refractivity contribution in [2.45, 2.75) is 0 Å². The van der Waals surface area contributed by atoms with Crippen LogP contribution < -0.4 is 5.19 Å². The summed E-state index contributed by atoms with van der Waals surface area (Å²) in [7, 11) is 1.10. The fraction of sp³-hybridized carbons (Fsp3) is 0. The zero-order chi connectivity index (χ0) is 10.3. The minimum atomic E-state index is 1.10. The van der Waals surface area contributed by atoms with E-state index < -0.39 is 0 Å². The molecule has 0 nitrogen and oxygen atoms in total. The van der Waals surface area contributed by atoms with Crippen LogP contribution in [0.2, 0.25) is 0 Å². The molecule has 0 radical (unpaired) electrons. The molecule has 72 valence electrons. The zero-order valence-electron chi connectivity index (χ0n) is 8.70. The summed E-state index contributed by atoms with van der Waals surface area (Å²) in [6.07, 6.45) is 0. The van der Waals surface area contributed by atoms with E-state index in [0.717, 1.165) is 10.2 Å². The van der Waals surface area contributed by atoms with E-state index >= 15 is 0 Å². The second kappa shape index (κ2) is 3.21. The Morgan fingerprint density at radius 1 is 0.667 bits per heavy atom. The summed E-state index contributed by atoms with van der Waals surface area (Å²) in [4.78, 5) is 0. The van der Waals surface area contributed by atoms with Gasteiger partial charge in [0.2, 0.25) is 0 Å². The van der Waals surface area contributed by atoms with Crippen molar-refractivity contribution in [2.75, 3.05) is 0 Å². The number of rotatable bonds is 0. The van der Waals surface area contributed by atoms with E-state index in [9.17, 15) is 0 Å². The largest absolute Gasteiger partial charge is 0.0616 e. The van der Waals surface area contributed by atoms with Gasteiger partial charge in [0, 0.05) is 10.2 Å². The Morgan fingerprint density at radius 2 is 1.13 bits per heavy atom. The summed E-state index contributed by atoms with van der Waals surface area (Å²) in [5.41, 5.74) is 0. The van der Waals surface area contributed by atoms with Crippen molar-refractivity contribution >= 4 is 37.0 Å². The van der Waals surface area contributed by atoms with Crippen molar-refractivity contribution < 1.29 is 0 Å². The number of hydrogen-bond donors (Lipinski definition) is 0. The molecule has 0 saturated heterocycles. The van der Waals surface area contributed by atoms with E-state index in [2.05, 4.69) is 54.6 Å². The van der Waals surface area contributed by atoms with Gasteiger partial charge in [-0.25, -0.2) is 0 Å². The van der Waals surface area contributed by atoms with E-state index in [1.807, 2.05) is 0 Å². The molecule has 0 saturated carbocycles. The van der Waals surface area contributed by atoms with Crippen LogP contribution in [0.1, 0.15) is 0 Å². The molecule has 3 aromatic rings. The molecule has 1 heteroatoms. The molecule has 0 atom stereocenters. The summed E-state index contributed by atoms with van der Waals surface area (Å²) in [6.45, 7) is 0. The van der Waals surface area contributed by atoms with Gasteiger partial charge < -0.3 is 0 Å². The SMILES string of the molecule is [SiH3]c1c2ccccc2cc2ccccc12. The highest BCUT2D eigenvalue weighted by Crippen LogP contribution is 2.19. The first-order valence-corrected chi connectivity index (χ1v) is 6.23. The molecular formula is C14H12Si. The maximum Gasteiger partial charge on any atom is 0.0401 e. The molecule has 0 heterocycles. The number of benzene rings is 3. The summed E-state index contributed by atoms with van der Waals surface area (Å²) < 4.78 is 0. The van der Waals surface area contributed by atoms with Crippen LogP contribution in [0.4, 0.5) is 0 Å². The van der Waals surface area contributed by atoms with Crippen molar-refractivity contribution in [2.24, 2.45) is 0 Å². The maximum absolute atomic E-state index is 2.28. The van der Waals surface area contributed by atoms with E-state index in [1.165, 1.54) is 26.7 Å². The summed E-state index contributed by atoms with van der Waals surface area (Å²) in [5, 5.41) is 7.08. The van der Waals surface area contributed by atoms with Gasteiger partial charge in [0.1, 0.15) is 0 Å². The molecule has 0 aliphatic carbocycles. The van der Waals surface area contributed by atoms with Gasteiger partial charge in [-0.15, -0.1) is 0 Å². The van der Waals surface area contributed by atoms with Gasteiger partial charge in [0.15, 0.2) is 0 Å². The average Bonchev–Trinajstić information content (AvgIpc) is 2.30. The smallest absolute Gasteiger partial charge is 0.0401 e. The first-order valence-electron chi connectivity index (χ1n) is 5.23. The predicted molar refractivity (Wildman–Crippen MR) is 71.0 cm³/mol. The van der Waals surface area contributed by atoms with Gasteiger partial charge in [0.25, 0.3) is 0 Å². The first kappa shape index (κ1) is 8.68. The molecule has 0 unspecified atom stereocenters. The monoisotopic (exact) mass is 208 g/mol. The molecule has 0 aromatic heterocycles. The molecule has 0 aliphatic heterocycles. The highest BCUT2D eigenvalue weighted by atomic mass is 28.1. The van der Waals surface area contributed by atoms with Crippen molar-refractivity contribution in [1.82, 2.24) is 0 Å². The van der Waals surface area contributed by atoms with Crippen LogP contribution in [-0.2, 0) is 0 Å². The van der Waals surface area contributed by atoms with Crippen LogP contribution in [0, 0.1) is 0 Å². The van der Waals surface area contributed by atoms with Gasteiger partial charge in [-0.2, -0.15) is 0 Å². The molecule has 0 amide bonds. The van der Waals surface area contributed by atoms with Gasteiger partial charge in [0.05, 0.1) is 0 Å². The minimum absolute atomic E-state index is 1.10. The molecule has 0 bridgehead atoms. The minimum Gasteiger partial charge on any atom is -0.0616 e. The highest BCUT2D eigenvalue weighted by molar-refractivity contribution is 6.45. The molecule has 15 heavy (non-hydrogen) atoms. The van der Waals surface area contributed by atoms with Crippen molar-refractivity contribution in [3.8, 4) is 0 Å². The third-order valence-corrected chi connectivity index (χ3v) is 4.12. The van der Waals surface area contributed by atoms with Gasteiger partial charge in [-0.05, 0) is 27.6 Å². The lowest BCUT2D eigenvalue weighted by Gasteiger charge is -2.06. The van der Waals surface area contributed by atoms with Crippen molar-refractivity contribution in [3.63, 3.8) is 0 Å². The van der Waals surface area contributed by atoms with Crippen LogP contribution in [0.5, 0.6) is 0 Å². The van der Waals surface area contributed by atoms with E-state index in [0.29, 0.717) is 0 Å². The fourth-order valence-electron chi connectivity index (χ4n) is 2.24. The van der Waals surface area contributed by atoms with Crippen molar-refractivity contribution in [3.05, 3.63) is 54.6 Å². The highest BCUT2D eigenvalue weighted by Gasteiger charge is 2.01. The molecular weight excluding hydrogens is 196 g/mol. The predicted octanol–water partition coefficient (Wildman–Crippen LogP) is 1.98. The van der Waals surface area contributed by atoms with Gasteiger partial charge in [-0.1, -0.05) is 53.7 Å². The van der Waals surface area contributed by atoms with Crippen LogP contribution in [0.15, 0.2) is 54.6 Å². The molecule has 3 aromatic carbocycles. The normalized spacial score (nSPS) is 11.2. The van der Waals surface area contributed by atoms with E-state index in [-0.39, 0.29) is 0 Å². The Kier molecular flexibility index (Phi) is 1.86. The second-order valence-corrected chi connectivity index (χ2v) is 4.94. The standard InChI is InChI=1S/C14H12Si/c15-14-12-7-3-1-5-10(12)9-11-6-2-4-8-13(11)14/h1-9H,15H3. The average molecular weight is 208 g/mol.